The average molecular weight is 265 g/mol. The first kappa shape index (κ1) is 14.1. The molecule has 2 nitrogen and oxygen atoms in total. The molecule has 1 saturated carbocycles. The molecule has 1 heterocycles. The van der Waals surface area contributed by atoms with Crippen LogP contribution in [0.4, 0.5) is 13.2 Å². The number of nitrogens with one attached hydrogen (secondary N) is 1. The van der Waals surface area contributed by atoms with Crippen LogP contribution in [0.3, 0.4) is 0 Å². The largest absolute Gasteiger partial charge is 0.404 e. The molecule has 1 aliphatic heterocycles. The van der Waals surface area contributed by atoms with Crippen LogP contribution in [0.15, 0.2) is 0 Å². The van der Waals surface area contributed by atoms with Gasteiger partial charge in [0.05, 0.1) is 5.60 Å². The fourth-order valence-electron chi connectivity index (χ4n) is 3.12. The summed E-state index contributed by atoms with van der Waals surface area (Å²) < 4.78 is 45.0. The first-order chi connectivity index (χ1) is 8.47. The molecular formula is C13H22F3NO. The molecule has 2 fully saturated rings. The normalized spacial score (nSPS) is 29.0. The van der Waals surface area contributed by atoms with E-state index in [1.165, 1.54) is 0 Å². The van der Waals surface area contributed by atoms with E-state index >= 15 is 0 Å². The molecule has 1 saturated heterocycles. The lowest BCUT2D eigenvalue weighted by Crippen LogP contribution is -2.54. The minimum absolute atomic E-state index is 0.222. The summed E-state index contributed by atoms with van der Waals surface area (Å²) in [6.07, 6.45) is 0.606. The van der Waals surface area contributed by atoms with Crippen molar-refractivity contribution in [3.05, 3.63) is 0 Å². The molecule has 1 spiro atoms. The number of hydrogen-bond acceptors (Lipinski definition) is 2. The summed E-state index contributed by atoms with van der Waals surface area (Å²) in [5.74, 6) is -0.328. The van der Waals surface area contributed by atoms with Crippen molar-refractivity contribution in [3.63, 3.8) is 0 Å². The Hall–Kier alpha value is -0.290. The molecule has 1 N–H and O–H groups in total. The van der Waals surface area contributed by atoms with Crippen molar-refractivity contribution in [2.45, 2.75) is 63.3 Å². The van der Waals surface area contributed by atoms with Crippen LogP contribution in [-0.2, 0) is 4.74 Å². The molecule has 0 bridgehead atoms. The molecule has 0 aromatic heterocycles. The molecule has 0 amide bonds. The molecule has 0 aromatic rings. The van der Waals surface area contributed by atoms with E-state index in [-0.39, 0.29) is 11.5 Å². The van der Waals surface area contributed by atoms with Crippen LogP contribution in [-0.4, -0.2) is 31.0 Å². The van der Waals surface area contributed by atoms with Gasteiger partial charge in [0.2, 0.25) is 0 Å². The molecule has 0 aromatic carbocycles. The van der Waals surface area contributed by atoms with Crippen LogP contribution < -0.4 is 5.32 Å². The monoisotopic (exact) mass is 265 g/mol. The predicted octanol–water partition coefficient (Wildman–Crippen LogP) is 3.27. The lowest BCUT2D eigenvalue weighted by molar-refractivity contribution is -0.198. The second-order valence-electron chi connectivity index (χ2n) is 5.61. The third-order valence-corrected chi connectivity index (χ3v) is 4.23. The van der Waals surface area contributed by atoms with Crippen LogP contribution in [0, 0.1) is 5.92 Å². The Morgan fingerprint density at radius 3 is 2.61 bits per heavy atom. The second-order valence-corrected chi connectivity index (χ2v) is 5.61. The zero-order valence-corrected chi connectivity index (χ0v) is 10.9. The van der Waals surface area contributed by atoms with Crippen molar-refractivity contribution in [3.8, 4) is 0 Å². The summed E-state index contributed by atoms with van der Waals surface area (Å²) in [5, 5.41) is 2.68. The molecule has 1 aliphatic carbocycles. The third-order valence-electron chi connectivity index (χ3n) is 4.23. The Balaban J connectivity index is 2.00. The Bertz CT molecular complexity index is 276. The standard InChI is InChI=1S/C13H22F3NO/c1-2-7-17-11(13(14,15)16)10-4-8-18-12(9-10)5-3-6-12/h10-11,17H,2-9H2,1H3. The number of alkyl halides is 3. The smallest absolute Gasteiger partial charge is 0.375 e. The number of hydrogen-bond donors (Lipinski definition) is 1. The van der Waals surface area contributed by atoms with Gasteiger partial charge in [-0.3, -0.25) is 0 Å². The fraction of sp³-hybridized carbons (Fsp3) is 1.00. The van der Waals surface area contributed by atoms with Gasteiger partial charge in [-0.1, -0.05) is 6.92 Å². The number of rotatable bonds is 4. The minimum Gasteiger partial charge on any atom is -0.375 e. The summed E-state index contributed by atoms with van der Waals surface area (Å²) in [5.41, 5.74) is -0.222. The van der Waals surface area contributed by atoms with Crippen molar-refractivity contribution in [1.82, 2.24) is 5.32 Å². The molecule has 18 heavy (non-hydrogen) atoms. The number of ether oxygens (including phenoxy) is 1. The third kappa shape index (κ3) is 2.99. The van der Waals surface area contributed by atoms with Gasteiger partial charge < -0.3 is 10.1 Å². The highest BCUT2D eigenvalue weighted by atomic mass is 19.4. The summed E-state index contributed by atoms with van der Waals surface area (Å²) in [4.78, 5) is 0. The molecule has 106 valence electrons. The number of halogens is 3. The van der Waals surface area contributed by atoms with Gasteiger partial charge in [0, 0.05) is 6.61 Å². The maximum Gasteiger partial charge on any atom is 0.404 e. The van der Waals surface area contributed by atoms with Gasteiger partial charge in [-0.15, -0.1) is 0 Å². The van der Waals surface area contributed by atoms with E-state index in [9.17, 15) is 13.2 Å². The SMILES string of the molecule is CCCNC(C1CCOC2(CCC2)C1)C(F)(F)F. The lowest BCUT2D eigenvalue weighted by atomic mass is 9.70. The van der Waals surface area contributed by atoms with Crippen molar-refractivity contribution in [2.24, 2.45) is 5.92 Å². The molecule has 2 unspecified atom stereocenters. The van der Waals surface area contributed by atoms with Crippen molar-refractivity contribution < 1.29 is 17.9 Å². The van der Waals surface area contributed by atoms with Crippen LogP contribution in [0.1, 0.15) is 45.4 Å². The van der Waals surface area contributed by atoms with Crippen LogP contribution in [0.2, 0.25) is 0 Å². The van der Waals surface area contributed by atoms with Gasteiger partial charge in [0.15, 0.2) is 0 Å². The second kappa shape index (κ2) is 5.37. The van der Waals surface area contributed by atoms with Gasteiger partial charge in [0.25, 0.3) is 0 Å². The molecule has 0 radical (unpaired) electrons. The van der Waals surface area contributed by atoms with Crippen molar-refractivity contribution in [2.75, 3.05) is 13.2 Å². The van der Waals surface area contributed by atoms with E-state index in [1.54, 1.807) is 0 Å². The predicted molar refractivity (Wildman–Crippen MR) is 63.4 cm³/mol. The van der Waals surface area contributed by atoms with Crippen LogP contribution in [0.5, 0.6) is 0 Å². The highest BCUT2D eigenvalue weighted by Crippen LogP contribution is 2.46. The first-order valence-corrected chi connectivity index (χ1v) is 6.91. The molecule has 2 rings (SSSR count). The van der Waals surface area contributed by atoms with E-state index < -0.39 is 12.2 Å². The van der Waals surface area contributed by atoms with Gasteiger partial charge in [-0.05, 0) is 51.0 Å². The lowest BCUT2D eigenvalue weighted by Gasteiger charge is -2.49. The Morgan fingerprint density at radius 2 is 2.11 bits per heavy atom. The Labute approximate surface area is 106 Å². The molecule has 2 aliphatic rings. The van der Waals surface area contributed by atoms with Crippen LogP contribution >= 0.6 is 0 Å². The summed E-state index contributed by atoms with van der Waals surface area (Å²) in [7, 11) is 0. The van der Waals surface area contributed by atoms with Gasteiger partial charge >= 0.3 is 6.18 Å². The maximum atomic E-state index is 13.1. The van der Waals surface area contributed by atoms with Crippen LogP contribution in [0.25, 0.3) is 0 Å². The minimum atomic E-state index is -4.15. The maximum absolute atomic E-state index is 13.1. The quantitative estimate of drug-likeness (QED) is 0.842. The highest BCUT2D eigenvalue weighted by Gasteiger charge is 2.50. The highest BCUT2D eigenvalue weighted by molar-refractivity contribution is 4.98. The fourth-order valence-corrected chi connectivity index (χ4v) is 3.12. The van der Waals surface area contributed by atoms with Gasteiger partial charge in [-0.25, -0.2) is 0 Å². The van der Waals surface area contributed by atoms with E-state index in [0.29, 0.717) is 26.0 Å². The van der Waals surface area contributed by atoms with E-state index in [0.717, 1.165) is 25.7 Å². The molecule has 2 atom stereocenters. The molecular weight excluding hydrogens is 243 g/mol. The summed E-state index contributed by atoms with van der Waals surface area (Å²) in [6, 6.07) is -1.36. The average Bonchev–Trinajstić information content (AvgIpc) is 2.26. The zero-order chi connectivity index (χ0) is 13.2. The topological polar surface area (TPSA) is 21.3 Å². The Kier molecular flexibility index (Phi) is 4.22. The Morgan fingerprint density at radius 1 is 1.39 bits per heavy atom. The van der Waals surface area contributed by atoms with Crippen molar-refractivity contribution in [1.29, 1.82) is 0 Å². The van der Waals surface area contributed by atoms with E-state index in [4.69, 9.17) is 4.74 Å². The van der Waals surface area contributed by atoms with Gasteiger partial charge in [0.1, 0.15) is 6.04 Å². The van der Waals surface area contributed by atoms with E-state index in [1.807, 2.05) is 6.92 Å². The summed E-state index contributed by atoms with van der Waals surface area (Å²) >= 11 is 0. The van der Waals surface area contributed by atoms with Crippen molar-refractivity contribution >= 4 is 0 Å². The first-order valence-electron chi connectivity index (χ1n) is 6.91. The molecule has 5 heteroatoms. The van der Waals surface area contributed by atoms with E-state index in [2.05, 4.69) is 5.32 Å². The summed E-state index contributed by atoms with van der Waals surface area (Å²) in [6.45, 7) is 2.79. The zero-order valence-electron chi connectivity index (χ0n) is 10.9. The van der Waals surface area contributed by atoms with Gasteiger partial charge in [-0.2, -0.15) is 13.2 Å².